The summed E-state index contributed by atoms with van der Waals surface area (Å²) in [6.07, 6.45) is -2.60. The third kappa shape index (κ3) is 4.17. The lowest BCUT2D eigenvalue weighted by Gasteiger charge is -2.18. The first kappa shape index (κ1) is 20.5. The van der Waals surface area contributed by atoms with Gasteiger partial charge in [0.15, 0.2) is 12.2 Å². The summed E-state index contributed by atoms with van der Waals surface area (Å²) in [4.78, 5) is 25.1. The Hall–Kier alpha value is -3.42. The molecular weight excluding hydrogens is 410 g/mol. The molecule has 2 aliphatic rings. The summed E-state index contributed by atoms with van der Waals surface area (Å²) in [5.41, 5.74) is 1.47. The average molecular weight is 433 g/mol. The van der Waals surface area contributed by atoms with Gasteiger partial charge in [-0.25, -0.2) is 9.59 Å². The van der Waals surface area contributed by atoms with Crippen LogP contribution in [-0.4, -0.2) is 49.7 Å². The quantitative estimate of drug-likeness (QED) is 0.621. The minimum atomic E-state index is -0.563. The lowest BCUT2D eigenvalue weighted by molar-refractivity contribution is -0.0230. The summed E-state index contributed by atoms with van der Waals surface area (Å²) in [6.45, 7) is 0.751. The molecule has 0 radical (unpaired) electrons. The molecule has 0 aliphatic carbocycles. The normalized spacial score (nSPS) is 24.1. The first-order chi connectivity index (χ1) is 15.7. The molecule has 1 N–H and O–H groups in total. The number of ether oxygens (including phenoxy) is 4. The van der Waals surface area contributed by atoms with Gasteiger partial charge < -0.3 is 24.3 Å². The van der Waals surface area contributed by atoms with Crippen molar-refractivity contribution in [3.05, 3.63) is 83.9 Å². The highest BCUT2D eigenvalue weighted by molar-refractivity contribution is 6.04. The van der Waals surface area contributed by atoms with E-state index in [4.69, 9.17) is 18.9 Å². The largest absolute Gasteiger partial charge is 0.453 e. The highest BCUT2D eigenvalue weighted by Gasteiger charge is 2.51. The van der Waals surface area contributed by atoms with Crippen LogP contribution in [0.4, 0.5) is 4.79 Å². The van der Waals surface area contributed by atoms with Crippen molar-refractivity contribution >= 4 is 22.8 Å². The van der Waals surface area contributed by atoms with Gasteiger partial charge in [-0.1, -0.05) is 66.7 Å². The van der Waals surface area contributed by atoms with Gasteiger partial charge in [0, 0.05) is 6.54 Å². The Morgan fingerprint density at radius 3 is 2.25 bits per heavy atom. The topological polar surface area (TPSA) is 83.1 Å². The Balaban J connectivity index is 1.18. The van der Waals surface area contributed by atoms with Crippen LogP contribution in [0.25, 0.3) is 10.8 Å². The van der Waals surface area contributed by atoms with Crippen LogP contribution < -0.4 is 5.32 Å². The molecule has 0 unspecified atom stereocenters. The molecule has 7 nitrogen and oxygen atoms in total. The molecule has 32 heavy (non-hydrogen) atoms. The highest BCUT2D eigenvalue weighted by atomic mass is 16.7. The van der Waals surface area contributed by atoms with Crippen LogP contribution in [0.3, 0.4) is 0 Å². The zero-order chi connectivity index (χ0) is 21.9. The van der Waals surface area contributed by atoms with Crippen LogP contribution in [0, 0.1) is 0 Å². The predicted octanol–water partition coefficient (Wildman–Crippen LogP) is 3.46. The van der Waals surface area contributed by atoms with Crippen molar-refractivity contribution in [1.29, 1.82) is 0 Å². The molecule has 2 fully saturated rings. The molecule has 4 atom stereocenters. The van der Waals surface area contributed by atoms with E-state index in [0.717, 1.165) is 16.3 Å². The van der Waals surface area contributed by atoms with Crippen LogP contribution in [-0.2, 0) is 25.5 Å². The fraction of sp³-hybridized carbons (Fsp3) is 0.280. The van der Waals surface area contributed by atoms with E-state index >= 15 is 0 Å². The maximum Gasteiger partial charge on any atom is 0.407 e. The maximum absolute atomic E-state index is 12.9. The van der Waals surface area contributed by atoms with Crippen molar-refractivity contribution in [2.45, 2.75) is 31.0 Å². The van der Waals surface area contributed by atoms with Crippen molar-refractivity contribution in [2.24, 2.45) is 0 Å². The minimum Gasteiger partial charge on any atom is -0.453 e. The molecular formula is C25H23NO6. The van der Waals surface area contributed by atoms with Crippen LogP contribution in [0.2, 0.25) is 0 Å². The number of carbonyl (C=O) groups excluding carboxylic acids is 2. The SMILES string of the molecule is O=C(NCc1ccccc1)O[C@H]1CO[C@H]2[C@@H]1OC[C@H]2OC(=O)c1cccc2ccccc12. The third-order valence-electron chi connectivity index (χ3n) is 5.77. The van der Waals surface area contributed by atoms with Gasteiger partial charge in [0.05, 0.1) is 18.8 Å². The second-order valence-electron chi connectivity index (χ2n) is 7.85. The van der Waals surface area contributed by atoms with E-state index in [9.17, 15) is 9.59 Å². The average Bonchev–Trinajstić information content (AvgIpc) is 3.41. The van der Waals surface area contributed by atoms with Gasteiger partial charge in [-0.05, 0) is 22.4 Å². The molecule has 3 aromatic carbocycles. The molecule has 0 bridgehead atoms. The zero-order valence-corrected chi connectivity index (χ0v) is 17.3. The van der Waals surface area contributed by atoms with Gasteiger partial charge in [0.1, 0.15) is 12.2 Å². The second-order valence-corrected chi connectivity index (χ2v) is 7.85. The first-order valence-corrected chi connectivity index (χ1v) is 10.6. The van der Waals surface area contributed by atoms with E-state index in [2.05, 4.69) is 5.32 Å². The van der Waals surface area contributed by atoms with Gasteiger partial charge in [0.25, 0.3) is 0 Å². The Labute approximate surface area is 185 Å². The number of amides is 1. The predicted molar refractivity (Wildman–Crippen MR) is 116 cm³/mol. The molecule has 7 heteroatoms. The van der Waals surface area contributed by atoms with E-state index in [-0.39, 0.29) is 13.2 Å². The van der Waals surface area contributed by atoms with Crippen LogP contribution >= 0.6 is 0 Å². The summed E-state index contributed by atoms with van der Waals surface area (Å²) in [5, 5.41) is 4.53. The van der Waals surface area contributed by atoms with Crippen LogP contribution in [0.1, 0.15) is 15.9 Å². The van der Waals surface area contributed by atoms with Crippen molar-refractivity contribution < 1.29 is 28.5 Å². The number of benzene rings is 3. The summed E-state index contributed by atoms with van der Waals surface area (Å²) >= 11 is 0. The smallest absolute Gasteiger partial charge is 0.407 e. The number of esters is 1. The third-order valence-corrected chi connectivity index (χ3v) is 5.77. The number of fused-ring (bicyclic) bond motifs is 2. The number of alkyl carbamates (subject to hydrolysis) is 1. The van der Waals surface area contributed by atoms with E-state index in [1.807, 2.05) is 66.7 Å². The number of nitrogens with one attached hydrogen (secondary N) is 1. The summed E-state index contributed by atoms with van der Waals surface area (Å²) in [7, 11) is 0. The van der Waals surface area contributed by atoms with Crippen molar-refractivity contribution in [3.8, 4) is 0 Å². The molecule has 1 amide bonds. The highest BCUT2D eigenvalue weighted by Crippen LogP contribution is 2.31. The Bertz CT molecular complexity index is 1110. The summed E-state index contributed by atoms with van der Waals surface area (Å²) in [5.74, 6) is -0.426. The van der Waals surface area contributed by atoms with Crippen LogP contribution in [0.15, 0.2) is 72.8 Å². The molecule has 2 heterocycles. The number of hydrogen-bond donors (Lipinski definition) is 1. The molecule has 164 valence electrons. The zero-order valence-electron chi connectivity index (χ0n) is 17.3. The molecule has 2 saturated heterocycles. The number of carbonyl (C=O) groups is 2. The Morgan fingerprint density at radius 2 is 1.47 bits per heavy atom. The monoisotopic (exact) mass is 433 g/mol. The van der Waals surface area contributed by atoms with Crippen molar-refractivity contribution in [3.63, 3.8) is 0 Å². The summed E-state index contributed by atoms with van der Waals surface area (Å²) < 4.78 is 22.8. The van der Waals surface area contributed by atoms with Gasteiger partial charge in [-0.15, -0.1) is 0 Å². The van der Waals surface area contributed by atoms with Gasteiger partial charge in [0.2, 0.25) is 0 Å². The Morgan fingerprint density at radius 1 is 0.812 bits per heavy atom. The summed E-state index contributed by atoms with van der Waals surface area (Å²) in [6, 6.07) is 22.8. The molecule has 0 aromatic heterocycles. The fourth-order valence-corrected chi connectivity index (χ4v) is 4.18. The molecule has 5 rings (SSSR count). The molecule has 3 aromatic rings. The lowest BCUT2D eigenvalue weighted by atomic mass is 10.0. The lowest BCUT2D eigenvalue weighted by Crippen LogP contribution is -2.38. The second kappa shape index (κ2) is 8.98. The molecule has 0 saturated carbocycles. The standard InChI is InChI=1S/C25H23NO6/c27-24(19-12-6-10-17-9-4-5-11-18(17)19)31-20-14-29-23-21(15-30-22(20)23)32-25(28)26-13-16-7-2-1-3-8-16/h1-12,20-23H,13-15H2,(H,26,28)/t20-,21+,22-,23-/m1/s1. The van der Waals surface area contributed by atoms with Gasteiger partial charge in [-0.3, -0.25) is 0 Å². The first-order valence-electron chi connectivity index (χ1n) is 10.6. The number of hydrogen-bond acceptors (Lipinski definition) is 6. The van der Waals surface area contributed by atoms with Crippen LogP contribution in [0.5, 0.6) is 0 Å². The van der Waals surface area contributed by atoms with E-state index in [1.54, 1.807) is 6.07 Å². The van der Waals surface area contributed by atoms with Crippen molar-refractivity contribution in [1.82, 2.24) is 5.32 Å². The van der Waals surface area contributed by atoms with Gasteiger partial charge >= 0.3 is 12.1 Å². The van der Waals surface area contributed by atoms with E-state index in [1.165, 1.54) is 0 Å². The van der Waals surface area contributed by atoms with Crippen molar-refractivity contribution in [2.75, 3.05) is 13.2 Å². The van der Waals surface area contributed by atoms with E-state index < -0.39 is 36.5 Å². The molecule has 2 aliphatic heterocycles. The van der Waals surface area contributed by atoms with E-state index in [0.29, 0.717) is 12.1 Å². The number of rotatable bonds is 5. The molecule has 0 spiro atoms. The fourth-order valence-electron chi connectivity index (χ4n) is 4.18. The Kier molecular flexibility index (Phi) is 5.75. The minimum absolute atomic E-state index is 0.191. The van der Waals surface area contributed by atoms with Gasteiger partial charge in [-0.2, -0.15) is 0 Å². The maximum atomic E-state index is 12.9.